The first kappa shape index (κ1) is 42.2. The van der Waals surface area contributed by atoms with E-state index >= 15 is 0 Å². The van der Waals surface area contributed by atoms with Crippen molar-refractivity contribution in [1.82, 2.24) is 0 Å². The van der Waals surface area contributed by atoms with E-state index in [0.717, 1.165) is 80.8 Å². The Morgan fingerprint density at radius 3 is 2.35 bits per heavy atom. The summed E-state index contributed by atoms with van der Waals surface area (Å²) in [5.41, 5.74) is -0.0296. The van der Waals surface area contributed by atoms with Crippen LogP contribution in [0.5, 0.6) is 5.75 Å². The van der Waals surface area contributed by atoms with Crippen molar-refractivity contribution in [3.05, 3.63) is 66.3 Å². The summed E-state index contributed by atoms with van der Waals surface area (Å²) in [6, 6.07) is 11.0. The predicted molar refractivity (Wildman–Crippen MR) is 205 cm³/mol. The SMILES string of the molecule is C=CCCC/C=C(\C)CC[C@@]1(C)[C@H](C)CC[C@@H](C(=O)C[C@](C)(CC/C=C\C)O[Si](CC)(CC)CC)[C@]1(O)COCc1ccc(OC)cc1. The minimum Gasteiger partial charge on any atom is -0.497 e. The minimum atomic E-state index is -2.00. The van der Waals surface area contributed by atoms with Crippen molar-refractivity contribution in [3.8, 4) is 5.75 Å². The number of methoxy groups -OCH3 is 1. The van der Waals surface area contributed by atoms with Crippen LogP contribution in [0.15, 0.2) is 60.7 Å². The van der Waals surface area contributed by atoms with Crippen LogP contribution in [-0.2, 0) is 20.6 Å². The number of hydrogen-bond acceptors (Lipinski definition) is 5. The number of unbranched alkanes of at least 4 members (excludes halogenated alkanes) is 2. The lowest BCUT2D eigenvalue weighted by molar-refractivity contribution is -0.206. The Labute approximate surface area is 295 Å². The fraction of sp³-hybridized carbons (Fsp3) is 0.690. The number of aliphatic hydroxyl groups is 1. The van der Waals surface area contributed by atoms with E-state index < -0.39 is 30.9 Å². The fourth-order valence-corrected chi connectivity index (χ4v) is 11.0. The Morgan fingerprint density at radius 2 is 1.77 bits per heavy atom. The van der Waals surface area contributed by atoms with Crippen LogP contribution in [0.3, 0.4) is 0 Å². The normalized spacial score (nSPS) is 24.8. The summed E-state index contributed by atoms with van der Waals surface area (Å²) < 4.78 is 18.9. The van der Waals surface area contributed by atoms with Gasteiger partial charge >= 0.3 is 0 Å². The van der Waals surface area contributed by atoms with Gasteiger partial charge in [-0.3, -0.25) is 4.79 Å². The molecule has 5 nitrogen and oxygen atoms in total. The molecule has 0 heterocycles. The van der Waals surface area contributed by atoms with Gasteiger partial charge in [-0.05, 0) is 120 Å². The van der Waals surface area contributed by atoms with Crippen molar-refractivity contribution < 1.29 is 23.8 Å². The number of hydrogen-bond donors (Lipinski definition) is 1. The van der Waals surface area contributed by atoms with Gasteiger partial charge in [0.15, 0.2) is 8.32 Å². The third-order valence-corrected chi connectivity index (χ3v) is 16.6. The van der Waals surface area contributed by atoms with E-state index in [1.165, 1.54) is 5.57 Å². The molecule has 0 spiro atoms. The Kier molecular flexibility index (Phi) is 17.6. The molecule has 1 saturated carbocycles. The van der Waals surface area contributed by atoms with Crippen LogP contribution >= 0.6 is 0 Å². The summed E-state index contributed by atoms with van der Waals surface area (Å²) in [7, 11) is -0.336. The maximum Gasteiger partial charge on any atom is 0.192 e. The van der Waals surface area contributed by atoms with Crippen LogP contribution in [0, 0.1) is 17.3 Å². The molecule has 2 rings (SSSR count). The third kappa shape index (κ3) is 11.3. The highest BCUT2D eigenvalue weighted by Gasteiger charge is 2.59. The average Bonchev–Trinajstić information content (AvgIpc) is 3.08. The number of ketones is 1. The summed E-state index contributed by atoms with van der Waals surface area (Å²) in [4.78, 5) is 14.7. The Hall–Kier alpha value is -1.99. The minimum absolute atomic E-state index is 0.117. The molecule has 1 aromatic rings. The second-order valence-electron chi connectivity index (χ2n) is 15.0. The molecule has 0 radical (unpaired) electrons. The molecule has 1 fully saturated rings. The molecule has 5 atom stereocenters. The Balaban J connectivity index is 2.46. The van der Waals surface area contributed by atoms with Gasteiger partial charge in [-0.1, -0.05) is 76.6 Å². The van der Waals surface area contributed by atoms with E-state index in [1.54, 1.807) is 7.11 Å². The maximum atomic E-state index is 14.7. The monoisotopic (exact) mass is 682 g/mol. The van der Waals surface area contributed by atoms with Crippen molar-refractivity contribution in [3.63, 3.8) is 0 Å². The summed E-state index contributed by atoms with van der Waals surface area (Å²) in [6.45, 7) is 21.9. The van der Waals surface area contributed by atoms with Crippen LogP contribution in [-0.4, -0.2) is 44.1 Å². The summed E-state index contributed by atoms with van der Waals surface area (Å²) >= 11 is 0. The molecule has 0 aromatic heterocycles. The van der Waals surface area contributed by atoms with Crippen molar-refractivity contribution >= 4 is 14.1 Å². The third-order valence-electron chi connectivity index (χ3n) is 11.8. The first-order valence-electron chi connectivity index (χ1n) is 18.8. The summed E-state index contributed by atoms with van der Waals surface area (Å²) in [6.07, 6.45) is 17.0. The van der Waals surface area contributed by atoms with Crippen LogP contribution in [0.4, 0.5) is 0 Å². The van der Waals surface area contributed by atoms with Crippen LogP contribution in [0.2, 0.25) is 18.1 Å². The van der Waals surface area contributed by atoms with Crippen LogP contribution in [0.1, 0.15) is 125 Å². The molecule has 0 aliphatic heterocycles. The number of carbonyl (C=O) groups excluding carboxylic acids is 1. The summed E-state index contributed by atoms with van der Waals surface area (Å²) in [5.74, 6) is 0.638. The molecule has 1 aliphatic carbocycles. The number of benzene rings is 1. The Morgan fingerprint density at radius 1 is 1.10 bits per heavy atom. The number of rotatable bonds is 23. The molecule has 272 valence electrons. The number of carbonyl (C=O) groups is 1. The lowest BCUT2D eigenvalue weighted by Crippen LogP contribution is -2.63. The van der Waals surface area contributed by atoms with E-state index in [-0.39, 0.29) is 18.3 Å². The lowest BCUT2D eigenvalue weighted by Gasteiger charge is -2.56. The standard InChI is InChI=1S/C42H70O5Si/c1-11-16-18-19-21-34(6)28-30-41(9)35(7)22-27-38(42(41,44)33-46-32-36-23-25-37(45-10)26-24-36)39(43)31-40(8,29-20-17-12-2)47-48(13-3,14-4)15-5/h11-12,17,21,23-26,35,38,44H,1,13-16,18-20,22,27-33H2,2-10H3/b17-12-,34-21+/t35-,38+,40+,41+,42-/m1/s1. The quantitative estimate of drug-likeness (QED) is 0.0707. The molecule has 6 heteroatoms. The molecular formula is C42H70O5Si. The second-order valence-corrected chi connectivity index (χ2v) is 19.7. The second kappa shape index (κ2) is 20.0. The topological polar surface area (TPSA) is 65.0 Å². The highest BCUT2D eigenvalue weighted by atomic mass is 28.4. The van der Waals surface area contributed by atoms with E-state index in [0.29, 0.717) is 19.4 Å². The van der Waals surface area contributed by atoms with E-state index in [9.17, 15) is 9.90 Å². The smallest absolute Gasteiger partial charge is 0.192 e. The van der Waals surface area contributed by atoms with Crippen molar-refractivity contribution in [1.29, 1.82) is 0 Å². The van der Waals surface area contributed by atoms with Crippen molar-refractivity contribution in [2.45, 2.75) is 156 Å². The van der Waals surface area contributed by atoms with Gasteiger partial charge in [-0.15, -0.1) is 6.58 Å². The highest BCUT2D eigenvalue weighted by molar-refractivity contribution is 6.73. The van der Waals surface area contributed by atoms with Gasteiger partial charge in [0, 0.05) is 17.8 Å². The number of Topliss-reactive ketones (excluding diaryl/α,β-unsaturated/α-hetero) is 1. The van der Waals surface area contributed by atoms with Gasteiger partial charge < -0.3 is 19.0 Å². The van der Waals surface area contributed by atoms with Gasteiger partial charge in [-0.2, -0.15) is 0 Å². The van der Waals surface area contributed by atoms with Crippen molar-refractivity contribution in [2.24, 2.45) is 17.3 Å². The molecule has 1 aliphatic rings. The molecule has 0 amide bonds. The Bertz CT molecular complexity index is 1160. The first-order valence-corrected chi connectivity index (χ1v) is 21.4. The van der Waals surface area contributed by atoms with Gasteiger partial charge in [0.2, 0.25) is 0 Å². The van der Waals surface area contributed by atoms with Gasteiger partial charge in [-0.25, -0.2) is 0 Å². The fourth-order valence-electron chi connectivity index (χ4n) is 7.88. The highest BCUT2D eigenvalue weighted by Crippen LogP contribution is 2.55. The maximum absolute atomic E-state index is 14.7. The zero-order valence-electron chi connectivity index (χ0n) is 32.2. The molecule has 0 saturated heterocycles. The first-order chi connectivity index (χ1) is 22.8. The van der Waals surface area contributed by atoms with Crippen molar-refractivity contribution in [2.75, 3.05) is 13.7 Å². The molecule has 1 N–H and O–H groups in total. The number of allylic oxidation sites excluding steroid dienone is 5. The molecule has 48 heavy (non-hydrogen) atoms. The van der Waals surface area contributed by atoms with Crippen LogP contribution < -0.4 is 4.74 Å². The van der Waals surface area contributed by atoms with Gasteiger partial charge in [0.1, 0.15) is 17.1 Å². The predicted octanol–water partition coefficient (Wildman–Crippen LogP) is 11.2. The van der Waals surface area contributed by atoms with Gasteiger partial charge in [0.05, 0.1) is 25.9 Å². The average molecular weight is 683 g/mol. The van der Waals surface area contributed by atoms with E-state index in [1.807, 2.05) is 37.3 Å². The largest absolute Gasteiger partial charge is 0.497 e. The molecular weight excluding hydrogens is 613 g/mol. The molecule has 1 aromatic carbocycles. The molecule has 0 unspecified atom stereocenters. The zero-order valence-corrected chi connectivity index (χ0v) is 33.2. The summed E-state index contributed by atoms with van der Waals surface area (Å²) in [5, 5.41) is 13.1. The van der Waals surface area contributed by atoms with Crippen LogP contribution in [0.25, 0.3) is 0 Å². The molecule has 0 bridgehead atoms. The lowest BCUT2D eigenvalue weighted by atomic mass is 9.52. The van der Waals surface area contributed by atoms with Gasteiger partial charge in [0.25, 0.3) is 0 Å². The zero-order chi connectivity index (χ0) is 35.8. The number of ether oxygens (including phenoxy) is 2. The van der Waals surface area contributed by atoms with E-state index in [2.05, 4.69) is 73.3 Å². The van der Waals surface area contributed by atoms with E-state index in [4.69, 9.17) is 13.9 Å².